The Kier molecular flexibility index (Phi) is 5.07. The highest BCUT2D eigenvalue weighted by Gasteiger charge is 2.38. The molecule has 10 aromatic rings. The van der Waals surface area contributed by atoms with E-state index in [0.717, 1.165) is 4.48 Å². The molecule has 226 valence electrons. The number of nitrogens with zero attached hydrogens (tertiary/aromatic N) is 3. The second-order valence-electron chi connectivity index (χ2n) is 13.5. The lowest BCUT2D eigenvalue weighted by Gasteiger charge is -2.25. The van der Waals surface area contributed by atoms with Gasteiger partial charge >= 0.3 is 0 Å². The predicted octanol–water partition coefficient (Wildman–Crippen LogP) is 12.1. The summed E-state index contributed by atoms with van der Waals surface area (Å²) in [6.07, 6.45) is 0. The minimum absolute atomic E-state index is 0.720. The van der Waals surface area contributed by atoms with E-state index in [1.807, 2.05) is 11.3 Å². The van der Waals surface area contributed by atoms with E-state index < -0.39 is 0 Å². The van der Waals surface area contributed by atoms with E-state index in [1.165, 1.54) is 97.7 Å². The van der Waals surface area contributed by atoms with Crippen molar-refractivity contribution in [3.8, 4) is 22.5 Å². The maximum absolute atomic E-state index is 2.47. The lowest BCUT2D eigenvalue weighted by atomic mass is 10.0. The monoisotopic (exact) mass is 632 g/mol. The molecule has 0 spiro atoms. The number of hydrogen-bond acceptors (Lipinski definition) is 1. The molecule has 0 bridgehead atoms. The van der Waals surface area contributed by atoms with Crippen LogP contribution in [0.25, 0.3) is 86.3 Å². The SMILES string of the molecule is C[N+]1(C)c2ccc(-n3c4ccccc4c4ccccc43)cc2-c2cc3sc4ccc(-n5c6ccccc6c6ccccc65)cc4c3cc21. The van der Waals surface area contributed by atoms with Gasteiger partial charge < -0.3 is 9.13 Å². The van der Waals surface area contributed by atoms with E-state index >= 15 is 0 Å². The second-order valence-corrected chi connectivity index (χ2v) is 14.6. The first kappa shape index (κ1) is 26.4. The molecule has 1 aliphatic rings. The summed E-state index contributed by atoms with van der Waals surface area (Å²) in [5, 5.41) is 7.81. The van der Waals surface area contributed by atoms with E-state index in [0.29, 0.717) is 0 Å². The van der Waals surface area contributed by atoms with E-state index in [2.05, 4.69) is 169 Å². The Morgan fingerprint density at radius 2 is 0.854 bits per heavy atom. The van der Waals surface area contributed by atoms with E-state index in [1.54, 1.807) is 0 Å². The molecule has 48 heavy (non-hydrogen) atoms. The molecule has 0 atom stereocenters. The van der Waals surface area contributed by atoms with E-state index in [-0.39, 0.29) is 0 Å². The number of benzene rings is 7. The minimum Gasteiger partial charge on any atom is -0.309 e. The molecular weight excluding hydrogens is 603 g/mol. The summed E-state index contributed by atoms with van der Waals surface area (Å²) in [5.41, 5.74) is 12.7. The number of para-hydroxylation sites is 4. The second kappa shape index (κ2) is 9.23. The van der Waals surface area contributed by atoms with Crippen molar-refractivity contribution in [1.82, 2.24) is 13.6 Å². The Morgan fingerprint density at radius 1 is 0.396 bits per heavy atom. The first-order chi connectivity index (χ1) is 23.6. The van der Waals surface area contributed by atoms with Gasteiger partial charge in [0.05, 0.1) is 47.3 Å². The van der Waals surface area contributed by atoms with Gasteiger partial charge in [0, 0.05) is 65.2 Å². The lowest BCUT2D eigenvalue weighted by molar-refractivity contribution is 0.569. The molecule has 0 aliphatic carbocycles. The van der Waals surface area contributed by atoms with Gasteiger partial charge in [0.15, 0.2) is 0 Å². The molecule has 3 aromatic heterocycles. The summed E-state index contributed by atoms with van der Waals surface area (Å²) in [7, 11) is 4.66. The Morgan fingerprint density at radius 3 is 1.42 bits per heavy atom. The molecule has 4 heteroatoms. The van der Waals surface area contributed by atoms with Crippen molar-refractivity contribution in [2.24, 2.45) is 0 Å². The van der Waals surface area contributed by atoms with Crippen LogP contribution in [0.1, 0.15) is 0 Å². The number of fused-ring (bicyclic) bond motifs is 12. The highest BCUT2D eigenvalue weighted by molar-refractivity contribution is 7.25. The fraction of sp³-hybridized carbons (Fsp3) is 0.0455. The summed E-state index contributed by atoms with van der Waals surface area (Å²) < 4.78 is 8.23. The first-order valence-electron chi connectivity index (χ1n) is 16.5. The summed E-state index contributed by atoms with van der Waals surface area (Å²) in [6.45, 7) is 0. The van der Waals surface area contributed by atoms with Crippen LogP contribution in [0.3, 0.4) is 0 Å². The molecule has 0 amide bonds. The van der Waals surface area contributed by atoms with Crippen molar-refractivity contribution >= 4 is 86.5 Å². The predicted molar refractivity (Wildman–Crippen MR) is 207 cm³/mol. The molecular formula is C44H30N3S+. The largest absolute Gasteiger partial charge is 0.309 e. The molecule has 0 saturated heterocycles. The van der Waals surface area contributed by atoms with Crippen LogP contribution in [-0.2, 0) is 0 Å². The molecule has 11 rings (SSSR count). The van der Waals surface area contributed by atoms with Gasteiger partial charge in [-0.15, -0.1) is 11.3 Å². The van der Waals surface area contributed by atoms with Gasteiger partial charge in [-0.1, -0.05) is 72.8 Å². The van der Waals surface area contributed by atoms with Crippen LogP contribution in [0.15, 0.2) is 146 Å². The Bertz CT molecular complexity index is 2880. The molecule has 4 heterocycles. The third kappa shape index (κ3) is 3.35. The zero-order valence-electron chi connectivity index (χ0n) is 26.6. The third-order valence-electron chi connectivity index (χ3n) is 10.7. The maximum Gasteiger partial charge on any atom is 0.146 e. The van der Waals surface area contributed by atoms with Gasteiger partial charge in [0.25, 0.3) is 0 Å². The van der Waals surface area contributed by atoms with Crippen molar-refractivity contribution in [3.05, 3.63) is 146 Å². The molecule has 0 radical (unpaired) electrons. The van der Waals surface area contributed by atoms with Crippen LogP contribution in [0.5, 0.6) is 0 Å². The lowest BCUT2D eigenvalue weighted by Crippen LogP contribution is -2.31. The number of hydrogen-bond donors (Lipinski definition) is 0. The topological polar surface area (TPSA) is 9.86 Å². The highest BCUT2D eigenvalue weighted by Crippen LogP contribution is 2.54. The van der Waals surface area contributed by atoms with Gasteiger partial charge in [0.1, 0.15) is 11.4 Å². The number of aromatic nitrogens is 2. The van der Waals surface area contributed by atoms with E-state index in [9.17, 15) is 0 Å². The van der Waals surface area contributed by atoms with Crippen LogP contribution >= 0.6 is 11.3 Å². The van der Waals surface area contributed by atoms with E-state index in [4.69, 9.17) is 0 Å². The zero-order chi connectivity index (χ0) is 31.7. The summed E-state index contributed by atoms with van der Waals surface area (Å²) in [4.78, 5) is 0. The van der Waals surface area contributed by atoms with Gasteiger partial charge in [-0.05, 0) is 60.7 Å². The maximum atomic E-state index is 2.47. The summed E-state index contributed by atoms with van der Waals surface area (Å²) in [5.74, 6) is 0. The van der Waals surface area contributed by atoms with Crippen LogP contribution in [0, 0.1) is 0 Å². The molecule has 0 saturated carbocycles. The number of thiophene rings is 1. The Hall–Kier alpha value is -5.68. The standard InChI is InChI=1S/C44H30N3S/c1-47(2)41-21-19-27(45-37-15-7-3-11-29(37)30-12-4-8-16-38(30)45)23-33(41)34-26-44-36(25-42(34)47)35-24-28(20-22-43(35)48-44)46-39-17-9-5-13-31(39)32-14-6-10-18-40(32)46/h3-26H,1-2H3/q+1. The molecule has 0 unspecified atom stereocenters. The zero-order valence-corrected chi connectivity index (χ0v) is 27.4. The Balaban J connectivity index is 1.12. The average Bonchev–Trinajstić information content (AvgIpc) is 3.82. The van der Waals surface area contributed by atoms with Crippen LogP contribution in [0.4, 0.5) is 11.4 Å². The quantitative estimate of drug-likeness (QED) is 0.168. The van der Waals surface area contributed by atoms with Gasteiger partial charge in [-0.3, -0.25) is 4.48 Å². The van der Waals surface area contributed by atoms with Crippen molar-refractivity contribution < 1.29 is 0 Å². The molecule has 3 nitrogen and oxygen atoms in total. The first-order valence-corrected chi connectivity index (χ1v) is 17.3. The number of rotatable bonds is 2. The summed E-state index contributed by atoms with van der Waals surface area (Å²) >= 11 is 1.90. The van der Waals surface area contributed by atoms with Crippen molar-refractivity contribution in [2.75, 3.05) is 14.1 Å². The van der Waals surface area contributed by atoms with Crippen LogP contribution in [0.2, 0.25) is 0 Å². The van der Waals surface area contributed by atoms with Crippen molar-refractivity contribution in [3.63, 3.8) is 0 Å². The normalized spacial score (nSPS) is 13.8. The fourth-order valence-electron chi connectivity index (χ4n) is 8.51. The van der Waals surface area contributed by atoms with Gasteiger partial charge in [0.2, 0.25) is 0 Å². The third-order valence-corrected chi connectivity index (χ3v) is 11.9. The Labute approximate surface area is 281 Å². The van der Waals surface area contributed by atoms with Gasteiger partial charge in [-0.25, -0.2) is 0 Å². The minimum atomic E-state index is 0.720. The molecule has 7 aromatic carbocycles. The van der Waals surface area contributed by atoms with Crippen molar-refractivity contribution in [2.45, 2.75) is 0 Å². The van der Waals surface area contributed by atoms with Crippen LogP contribution in [-0.4, -0.2) is 23.2 Å². The smallest absolute Gasteiger partial charge is 0.146 e. The highest BCUT2D eigenvalue weighted by atomic mass is 32.1. The number of quaternary nitrogens is 1. The molecule has 0 N–H and O–H groups in total. The molecule has 1 aliphatic heterocycles. The molecule has 0 fully saturated rings. The fourth-order valence-corrected chi connectivity index (χ4v) is 9.62. The average molecular weight is 633 g/mol. The van der Waals surface area contributed by atoms with Crippen LogP contribution < -0.4 is 4.48 Å². The van der Waals surface area contributed by atoms with Crippen molar-refractivity contribution in [1.29, 1.82) is 0 Å². The van der Waals surface area contributed by atoms with Gasteiger partial charge in [-0.2, -0.15) is 0 Å². The summed E-state index contributed by atoms with van der Waals surface area (Å²) in [6, 6.07) is 54.0.